The number of carbonyl (C=O) groups is 1. The van der Waals surface area contributed by atoms with Crippen LogP contribution in [0.5, 0.6) is 0 Å². The molecule has 98 valence electrons. The van der Waals surface area contributed by atoms with E-state index < -0.39 is 5.60 Å². The van der Waals surface area contributed by atoms with E-state index in [2.05, 4.69) is 0 Å². The first kappa shape index (κ1) is 12.7. The van der Waals surface area contributed by atoms with Crippen molar-refractivity contribution in [1.82, 2.24) is 4.90 Å². The second kappa shape index (κ2) is 4.48. The number of piperidine rings is 1. The van der Waals surface area contributed by atoms with E-state index in [0.29, 0.717) is 17.8 Å². The van der Waals surface area contributed by atoms with E-state index in [1.165, 1.54) is 0 Å². The Morgan fingerprint density at radius 3 is 2.65 bits per heavy atom. The summed E-state index contributed by atoms with van der Waals surface area (Å²) >= 11 is 0. The van der Waals surface area contributed by atoms with Crippen LogP contribution in [0.2, 0.25) is 0 Å². The SMILES string of the molecule is CC(C)(C)OC(=O)N1C[C@@H]2C[C@@H](CO)[C@@H](C2)C1. The van der Waals surface area contributed by atoms with Gasteiger partial charge in [0.25, 0.3) is 0 Å². The van der Waals surface area contributed by atoms with Crippen LogP contribution in [0.25, 0.3) is 0 Å². The van der Waals surface area contributed by atoms with Gasteiger partial charge in [0, 0.05) is 19.7 Å². The molecule has 0 aromatic rings. The molecule has 0 unspecified atom stereocenters. The number of nitrogens with zero attached hydrogens (tertiary/aromatic N) is 1. The summed E-state index contributed by atoms with van der Waals surface area (Å²) in [5.74, 6) is 1.40. The Labute approximate surface area is 103 Å². The lowest BCUT2D eigenvalue weighted by Gasteiger charge is -2.34. The Bertz CT molecular complexity index is 298. The molecule has 0 spiro atoms. The summed E-state index contributed by atoms with van der Waals surface area (Å²) in [4.78, 5) is 13.8. The van der Waals surface area contributed by atoms with E-state index in [0.717, 1.165) is 25.9 Å². The summed E-state index contributed by atoms with van der Waals surface area (Å²) < 4.78 is 5.39. The van der Waals surface area contributed by atoms with Gasteiger partial charge < -0.3 is 14.7 Å². The number of rotatable bonds is 1. The standard InChI is InChI=1S/C13H23NO3/c1-13(2,3)17-12(16)14-6-9-4-10(7-14)11(5-9)8-15/h9-11,15H,4-8H2,1-3H3/t9-,10-,11-/m0/s1. The van der Waals surface area contributed by atoms with Gasteiger partial charge in [-0.25, -0.2) is 4.79 Å². The van der Waals surface area contributed by atoms with Gasteiger partial charge in [0.15, 0.2) is 0 Å². The summed E-state index contributed by atoms with van der Waals surface area (Å²) in [7, 11) is 0. The van der Waals surface area contributed by atoms with Gasteiger partial charge in [-0.15, -0.1) is 0 Å². The molecular formula is C13H23NO3. The maximum atomic E-state index is 12.0. The number of carbonyl (C=O) groups excluding carboxylic acids is 1. The van der Waals surface area contributed by atoms with Gasteiger partial charge in [-0.05, 0) is 51.4 Å². The van der Waals surface area contributed by atoms with Crippen molar-refractivity contribution in [2.75, 3.05) is 19.7 Å². The lowest BCUT2D eigenvalue weighted by Crippen LogP contribution is -2.44. The molecule has 1 saturated carbocycles. The van der Waals surface area contributed by atoms with Crippen LogP contribution in [0, 0.1) is 17.8 Å². The van der Waals surface area contributed by atoms with Crippen LogP contribution < -0.4 is 0 Å². The maximum absolute atomic E-state index is 12.0. The molecule has 1 aliphatic heterocycles. The highest BCUT2D eigenvalue weighted by atomic mass is 16.6. The number of hydrogen-bond donors (Lipinski definition) is 1. The lowest BCUT2D eigenvalue weighted by atomic mass is 9.95. The Morgan fingerprint density at radius 1 is 1.35 bits per heavy atom. The molecule has 0 radical (unpaired) electrons. The van der Waals surface area contributed by atoms with Gasteiger partial charge in [0.05, 0.1) is 0 Å². The predicted molar refractivity (Wildman–Crippen MR) is 64.6 cm³/mol. The zero-order chi connectivity index (χ0) is 12.6. The summed E-state index contributed by atoms with van der Waals surface area (Å²) in [5.41, 5.74) is -0.427. The van der Waals surface area contributed by atoms with Gasteiger partial charge in [0.1, 0.15) is 5.60 Å². The molecule has 1 N–H and O–H groups in total. The fourth-order valence-electron chi connectivity index (χ4n) is 3.08. The summed E-state index contributed by atoms with van der Waals surface area (Å²) in [6.45, 7) is 7.46. The number of aliphatic hydroxyl groups is 1. The zero-order valence-electron chi connectivity index (χ0n) is 11.0. The third kappa shape index (κ3) is 2.92. The summed E-state index contributed by atoms with van der Waals surface area (Å²) in [6, 6.07) is 0. The second-order valence-electron chi connectivity index (χ2n) is 6.43. The van der Waals surface area contributed by atoms with E-state index in [-0.39, 0.29) is 12.7 Å². The third-order valence-electron chi connectivity index (χ3n) is 3.76. The number of ether oxygens (including phenoxy) is 1. The number of amides is 1. The van der Waals surface area contributed by atoms with Gasteiger partial charge >= 0.3 is 6.09 Å². The van der Waals surface area contributed by atoms with Crippen LogP contribution in [-0.4, -0.2) is 41.4 Å². The van der Waals surface area contributed by atoms with Gasteiger partial charge in [-0.3, -0.25) is 0 Å². The molecule has 3 atom stereocenters. The van der Waals surface area contributed by atoms with Crippen molar-refractivity contribution in [3.63, 3.8) is 0 Å². The molecule has 0 aromatic carbocycles. The Hall–Kier alpha value is -0.770. The molecule has 2 aliphatic rings. The number of aliphatic hydroxyl groups excluding tert-OH is 1. The van der Waals surface area contributed by atoms with Crippen molar-refractivity contribution in [1.29, 1.82) is 0 Å². The third-order valence-corrected chi connectivity index (χ3v) is 3.76. The van der Waals surface area contributed by atoms with Gasteiger partial charge in [-0.2, -0.15) is 0 Å². The van der Waals surface area contributed by atoms with Crippen LogP contribution in [-0.2, 0) is 4.74 Å². The lowest BCUT2D eigenvalue weighted by molar-refractivity contribution is 0.0138. The number of hydrogen-bond acceptors (Lipinski definition) is 3. The number of fused-ring (bicyclic) bond motifs is 2. The van der Waals surface area contributed by atoms with Crippen LogP contribution in [0.1, 0.15) is 33.6 Å². The summed E-state index contributed by atoms with van der Waals surface area (Å²) in [5, 5.41) is 9.29. The van der Waals surface area contributed by atoms with Crippen molar-refractivity contribution in [2.24, 2.45) is 17.8 Å². The first-order chi connectivity index (χ1) is 7.89. The minimum absolute atomic E-state index is 0.203. The van der Waals surface area contributed by atoms with Crippen LogP contribution in [0.15, 0.2) is 0 Å². The monoisotopic (exact) mass is 241 g/mol. The average Bonchev–Trinajstić information content (AvgIpc) is 2.50. The van der Waals surface area contributed by atoms with Crippen molar-refractivity contribution in [3.8, 4) is 0 Å². The van der Waals surface area contributed by atoms with E-state index in [4.69, 9.17) is 4.74 Å². The molecule has 2 rings (SSSR count). The Kier molecular flexibility index (Phi) is 3.34. The summed E-state index contributed by atoms with van der Waals surface area (Å²) in [6.07, 6.45) is 2.01. The molecule has 1 aliphatic carbocycles. The highest BCUT2D eigenvalue weighted by molar-refractivity contribution is 5.68. The first-order valence-electron chi connectivity index (χ1n) is 6.48. The fourth-order valence-corrected chi connectivity index (χ4v) is 3.08. The van der Waals surface area contributed by atoms with Crippen molar-refractivity contribution >= 4 is 6.09 Å². The van der Waals surface area contributed by atoms with Crippen LogP contribution >= 0.6 is 0 Å². The molecule has 4 nitrogen and oxygen atoms in total. The highest BCUT2D eigenvalue weighted by Crippen LogP contribution is 2.41. The van der Waals surface area contributed by atoms with E-state index in [1.807, 2.05) is 25.7 Å². The highest BCUT2D eigenvalue weighted by Gasteiger charge is 2.41. The Balaban J connectivity index is 1.95. The van der Waals surface area contributed by atoms with Crippen LogP contribution in [0.4, 0.5) is 4.79 Å². The maximum Gasteiger partial charge on any atom is 0.410 e. The first-order valence-corrected chi connectivity index (χ1v) is 6.48. The van der Waals surface area contributed by atoms with E-state index in [1.54, 1.807) is 0 Å². The molecule has 1 saturated heterocycles. The topological polar surface area (TPSA) is 49.8 Å². The second-order valence-corrected chi connectivity index (χ2v) is 6.43. The van der Waals surface area contributed by atoms with Crippen molar-refractivity contribution in [2.45, 2.75) is 39.2 Å². The quantitative estimate of drug-likeness (QED) is 0.762. The molecule has 4 heteroatoms. The normalized spacial score (nSPS) is 32.7. The molecule has 2 bridgehead atoms. The molecule has 1 amide bonds. The minimum atomic E-state index is -0.427. The van der Waals surface area contributed by atoms with E-state index >= 15 is 0 Å². The minimum Gasteiger partial charge on any atom is -0.444 e. The van der Waals surface area contributed by atoms with E-state index in [9.17, 15) is 9.90 Å². The zero-order valence-corrected chi connectivity index (χ0v) is 11.0. The smallest absolute Gasteiger partial charge is 0.410 e. The fraction of sp³-hybridized carbons (Fsp3) is 0.923. The average molecular weight is 241 g/mol. The van der Waals surface area contributed by atoms with Crippen molar-refractivity contribution in [3.05, 3.63) is 0 Å². The largest absolute Gasteiger partial charge is 0.444 e. The molecule has 0 aromatic heterocycles. The predicted octanol–water partition coefficient (Wildman–Crippen LogP) is 1.87. The molecule has 1 heterocycles. The van der Waals surface area contributed by atoms with Gasteiger partial charge in [0.2, 0.25) is 0 Å². The molecule has 17 heavy (non-hydrogen) atoms. The van der Waals surface area contributed by atoms with Crippen molar-refractivity contribution < 1.29 is 14.6 Å². The van der Waals surface area contributed by atoms with Crippen LogP contribution in [0.3, 0.4) is 0 Å². The van der Waals surface area contributed by atoms with Gasteiger partial charge in [-0.1, -0.05) is 0 Å². The Morgan fingerprint density at radius 2 is 2.06 bits per heavy atom. The molecule has 2 fully saturated rings. The number of likely N-dealkylation sites (tertiary alicyclic amines) is 1. The molecular weight excluding hydrogens is 218 g/mol.